The van der Waals surface area contributed by atoms with Gasteiger partial charge in [0.25, 0.3) is 5.91 Å². The summed E-state index contributed by atoms with van der Waals surface area (Å²) in [6, 6.07) is 6.05. The van der Waals surface area contributed by atoms with Crippen LogP contribution in [-0.4, -0.2) is 61.1 Å². The minimum Gasteiger partial charge on any atom is -0.399 e. The van der Waals surface area contributed by atoms with Crippen LogP contribution in [0, 0.1) is 6.92 Å². The normalized spacial score (nSPS) is 23.5. The van der Waals surface area contributed by atoms with Crippen molar-refractivity contribution in [1.82, 2.24) is 9.80 Å². The second kappa shape index (κ2) is 6.03. The van der Waals surface area contributed by atoms with Crippen molar-refractivity contribution in [1.29, 1.82) is 0 Å². The highest BCUT2D eigenvalue weighted by molar-refractivity contribution is 5.95. The third kappa shape index (κ3) is 3.19. The number of anilines is 1. The highest BCUT2D eigenvalue weighted by Crippen LogP contribution is 2.20. The first kappa shape index (κ1) is 14.4. The number of benzene rings is 1. The quantitative estimate of drug-likeness (QED) is 0.829. The number of nitrogen functional groups attached to an aromatic ring is 1. The molecule has 5 heteroatoms. The minimum absolute atomic E-state index is 0.0983. The molecule has 0 saturated carbocycles. The van der Waals surface area contributed by atoms with E-state index in [-0.39, 0.29) is 5.91 Å². The molecule has 0 bridgehead atoms. The molecule has 0 aromatic heterocycles. The van der Waals surface area contributed by atoms with Gasteiger partial charge >= 0.3 is 0 Å². The molecule has 3 rings (SSSR count). The average molecular weight is 289 g/mol. The van der Waals surface area contributed by atoms with Crippen molar-refractivity contribution in [2.24, 2.45) is 0 Å². The summed E-state index contributed by atoms with van der Waals surface area (Å²) in [7, 11) is 0. The number of rotatable bonds is 2. The molecule has 1 aromatic rings. The van der Waals surface area contributed by atoms with Crippen molar-refractivity contribution in [3.63, 3.8) is 0 Å². The Morgan fingerprint density at radius 1 is 1.24 bits per heavy atom. The van der Waals surface area contributed by atoms with Crippen LogP contribution in [0.15, 0.2) is 18.2 Å². The van der Waals surface area contributed by atoms with Crippen molar-refractivity contribution in [3.05, 3.63) is 29.3 Å². The number of carbonyl (C=O) groups excluding carboxylic acids is 1. The van der Waals surface area contributed by atoms with Crippen LogP contribution < -0.4 is 5.73 Å². The minimum atomic E-state index is 0.0983. The van der Waals surface area contributed by atoms with Gasteiger partial charge in [-0.15, -0.1) is 0 Å². The fourth-order valence-corrected chi connectivity index (χ4v) is 3.29. The molecule has 21 heavy (non-hydrogen) atoms. The summed E-state index contributed by atoms with van der Waals surface area (Å²) in [4.78, 5) is 17.0. The number of ether oxygens (including phenoxy) is 1. The number of carbonyl (C=O) groups is 1. The number of nitrogens with two attached hydrogens (primary N) is 1. The molecule has 2 heterocycles. The number of hydrogen-bond donors (Lipinski definition) is 1. The smallest absolute Gasteiger partial charge is 0.253 e. The molecule has 2 saturated heterocycles. The molecule has 1 atom stereocenters. The van der Waals surface area contributed by atoms with Crippen LogP contribution in [0.1, 0.15) is 22.3 Å². The van der Waals surface area contributed by atoms with Crippen molar-refractivity contribution in [3.8, 4) is 0 Å². The lowest BCUT2D eigenvalue weighted by Crippen LogP contribution is -2.45. The summed E-state index contributed by atoms with van der Waals surface area (Å²) in [5.74, 6) is 0.0983. The van der Waals surface area contributed by atoms with Crippen LogP contribution >= 0.6 is 0 Å². The van der Waals surface area contributed by atoms with Gasteiger partial charge in [-0.1, -0.05) is 0 Å². The van der Waals surface area contributed by atoms with Gasteiger partial charge in [0.05, 0.1) is 13.2 Å². The number of nitrogens with zero attached hydrogens (tertiary/aromatic N) is 2. The van der Waals surface area contributed by atoms with E-state index in [1.165, 1.54) is 0 Å². The highest BCUT2D eigenvalue weighted by Gasteiger charge is 2.31. The molecule has 2 N–H and O–H groups in total. The molecule has 0 spiro atoms. The maximum Gasteiger partial charge on any atom is 0.253 e. The first-order valence-corrected chi connectivity index (χ1v) is 7.62. The SMILES string of the molecule is Cc1cc(N)cc(C(=O)N2CCC(N3CCOCC3)C2)c1. The zero-order valence-corrected chi connectivity index (χ0v) is 12.5. The fourth-order valence-electron chi connectivity index (χ4n) is 3.29. The molecule has 5 nitrogen and oxygen atoms in total. The Hall–Kier alpha value is -1.59. The summed E-state index contributed by atoms with van der Waals surface area (Å²) in [5, 5.41) is 0. The number of amides is 1. The molecule has 2 fully saturated rings. The Labute approximate surface area is 125 Å². The Morgan fingerprint density at radius 2 is 2.00 bits per heavy atom. The van der Waals surface area contributed by atoms with Crippen molar-refractivity contribution < 1.29 is 9.53 Å². The maximum atomic E-state index is 12.6. The Morgan fingerprint density at radius 3 is 2.71 bits per heavy atom. The number of hydrogen-bond acceptors (Lipinski definition) is 4. The van der Waals surface area contributed by atoms with Gasteiger partial charge in [0.2, 0.25) is 0 Å². The van der Waals surface area contributed by atoms with Crippen LogP contribution in [-0.2, 0) is 4.74 Å². The van der Waals surface area contributed by atoms with Gasteiger partial charge in [0.1, 0.15) is 0 Å². The molecular weight excluding hydrogens is 266 g/mol. The van der Waals surface area contributed by atoms with E-state index in [0.29, 0.717) is 17.3 Å². The third-order valence-electron chi connectivity index (χ3n) is 4.36. The van der Waals surface area contributed by atoms with Crippen molar-refractivity contribution in [2.45, 2.75) is 19.4 Å². The van der Waals surface area contributed by atoms with Crippen molar-refractivity contribution in [2.75, 3.05) is 45.1 Å². The lowest BCUT2D eigenvalue weighted by Gasteiger charge is -2.32. The first-order valence-electron chi connectivity index (χ1n) is 7.62. The first-order chi connectivity index (χ1) is 10.1. The van der Waals surface area contributed by atoms with Crippen LogP contribution in [0.5, 0.6) is 0 Å². The van der Waals surface area contributed by atoms with E-state index in [9.17, 15) is 4.79 Å². The fraction of sp³-hybridized carbons (Fsp3) is 0.562. The monoisotopic (exact) mass is 289 g/mol. The van der Waals surface area contributed by atoms with E-state index in [4.69, 9.17) is 10.5 Å². The maximum absolute atomic E-state index is 12.6. The molecule has 1 aromatic carbocycles. The molecule has 2 aliphatic rings. The van der Waals surface area contributed by atoms with E-state index in [2.05, 4.69) is 4.90 Å². The van der Waals surface area contributed by atoms with Crippen LogP contribution in [0.3, 0.4) is 0 Å². The Bertz CT molecular complexity index is 506. The zero-order valence-electron chi connectivity index (χ0n) is 12.5. The van der Waals surface area contributed by atoms with Crippen LogP contribution in [0.2, 0.25) is 0 Å². The second-order valence-electron chi connectivity index (χ2n) is 5.97. The Balaban J connectivity index is 1.66. The van der Waals surface area contributed by atoms with E-state index >= 15 is 0 Å². The third-order valence-corrected chi connectivity index (χ3v) is 4.36. The molecule has 2 aliphatic heterocycles. The number of aryl methyl sites for hydroxylation is 1. The lowest BCUT2D eigenvalue weighted by atomic mass is 10.1. The van der Waals surface area contributed by atoms with Gasteiger partial charge < -0.3 is 15.4 Å². The largest absolute Gasteiger partial charge is 0.399 e. The van der Waals surface area contributed by atoms with Gasteiger partial charge in [-0.25, -0.2) is 0 Å². The Kier molecular flexibility index (Phi) is 4.12. The van der Waals surface area contributed by atoms with Crippen molar-refractivity contribution >= 4 is 11.6 Å². The number of morpholine rings is 1. The summed E-state index contributed by atoms with van der Waals surface area (Å²) in [6.45, 7) is 7.17. The van der Waals surface area contributed by atoms with Crippen LogP contribution in [0.4, 0.5) is 5.69 Å². The van der Waals surface area contributed by atoms with Gasteiger partial charge in [-0.3, -0.25) is 9.69 Å². The van der Waals surface area contributed by atoms with Gasteiger partial charge in [-0.2, -0.15) is 0 Å². The molecule has 114 valence electrons. The van der Waals surface area contributed by atoms with Gasteiger partial charge in [0.15, 0.2) is 0 Å². The van der Waals surface area contributed by atoms with E-state index in [0.717, 1.165) is 51.4 Å². The average Bonchev–Trinajstić information content (AvgIpc) is 2.96. The standard InChI is InChI=1S/C16H23N3O2/c1-12-8-13(10-14(17)9-12)16(20)19-3-2-15(11-19)18-4-6-21-7-5-18/h8-10,15H,2-7,11,17H2,1H3. The topological polar surface area (TPSA) is 58.8 Å². The zero-order chi connectivity index (χ0) is 14.8. The predicted octanol–water partition coefficient (Wildman–Crippen LogP) is 1.12. The summed E-state index contributed by atoms with van der Waals surface area (Å²) < 4.78 is 5.39. The molecule has 1 unspecified atom stereocenters. The van der Waals surface area contributed by atoms with E-state index in [1.54, 1.807) is 6.07 Å². The molecular formula is C16H23N3O2. The van der Waals surface area contributed by atoms with Gasteiger partial charge in [-0.05, 0) is 37.1 Å². The summed E-state index contributed by atoms with van der Waals surface area (Å²) >= 11 is 0. The molecule has 0 radical (unpaired) electrons. The van der Waals surface area contributed by atoms with E-state index < -0.39 is 0 Å². The van der Waals surface area contributed by atoms with E-state index in [1.807, 2.05) is 24.0 Å². The summed E-state index contributed by atoms with van der Waals surface area (Å²) in [6.07, 6.45) is 1.05. The number of likely N-dealkylation sites (tertiary alicyclic amines) is 1. The highest BCUT2D eigenvalue weighted by atomic mass is 16.5. The van der Waals surface area contributed by atoms with Crippen LogP contribution in [0.25, 0.3) is 0 Å². The summed E-state index contributed by atoms with van der Waals surface area (Å²) in [5.41, 5.74) is 8.24. The lowest BCUT2D eigenvalue weighted by molar-refractivity contribution is 0.0185. The second-order valence-corrected chi connectivity index (χ2v) is 5.97. The molecule has 0 aliphatic carbocycles. The predicted molar refractivity (Wildman–Crippen MR) is 82.3 cm³/mol. The molecule has 1 amide bonds. The van der Waals surface area contributed by atoms with Gasteiger partial charge in [0, 0.05) is 43.5 Å².